The van der Waals surface area contributed by atoms with Crippen molar-refractivity contribution < 1.29 is 8.78 Å². The predicted octanol–water partition coefficient (Wildman–Crippen LogP) is 3.87. The van der Waals surface area contributed by atoms with Crippen LogP contribution in [0.25, 0.3) is 10.4 Å². The molecule has 2 N–H and O–H groups in total. The molecule has 2 rings (SSSR count). The summed E-state index contributed by atoms with van der Waals surface area (Å²) in [6.45, 7) is 1.68. The molecule has 2 aromatic carbocycles. The van der Waals surface area contributed by atoms with E-state index in [-0.39, 0.29) is 0 Å². The van der Waals surface area contributed by atoms with Crippen LogP contribution in [0.1, 0.15) is 18.1 Å². The van der Waals surface area contributed by atoms with E-state index in [4.69, 9.17) is 11.3 Å². The highest BCUT2D eigenvalue weighted by molar-refractivity contribution is 5.41. The van der Waals surface area contributed by atoms with Gasteiger partial charge in [0.2, 0.25) is 0 Å². The van der Waals surface area contributed by atoms with Crippen molar-refractivity contribution in [2.45, 2.75) is 18.5 Å². The molecule has 0 bridgehead atoms. The van der Waals surface area contributed by atoms with Gasteiger partial charge < -0.3 is 5.73 Å². The van der Waals surface area contributed by atoms with E-state index in [1.165, 1.54) is 48.5 Å². The van der Waals surface area contributed by atoms with Gasteiger partial charge in [0.15, 0.2) is 0 Å². The summed E-state index contributed by atoms with van der Waals surface area (Å²) in [6.07, 6.45) is 0. The molecule has 2 aromatic rings. The van der Waals surface area contributed by atoms with Gasteiger partial charge in [-0.2, -0.15) is 0 Å². The number of halogens is 2. The first-order valence-electron chi connectivity index (χ1n) is 6.34. The third-order valence-corrected chi connectivity index (χ3v) is 3.43. The maximum atomic E-state index is 13.1. The van der Waals surface area contributed by atoms with Gasteiger partial charge in [0.25, 0.3) is 0 Å². The van der Waals surface area contributed by atoms with Gasteiger partial charge in [0.1, 0.15) is 17.2 Å². The number of azide groups is 1. The molecular weight excluding hydrogens is 274 g/mol. The van der Waals surface area contributed by atoms with Gasteiger partial charge in [0.05, 0.1) is 0 Å². The SMILES string of the molecule is C[C@H](N)C(N=[N+]=[N-])(c1ccc(F)cc1)c1ccc(F)cc1. The van der Waals surface area contributed by atoms with Crippen molar-refractivity contribution in [3.8, 4) is 0 Å². The highest BCUT2D eigenvalue weighted by Gasteiger charge is 2.37. The molecule has 6 heteroatoms. The van der Waals surface area contributed by atoms with Crippen LogP contribution in [-0.4, -0.2) is 6.04 Å². The first-order valence-corrected chi connectivity index (χ1v) is 6.34. The van der Waals surface area contributed by atoms with Crippen molar-refractivity contribution in [3.63, 3.8) is 0 Å². The Balaban J connectivity index is 2.71. The Labute approximate surface area is 120 Å². The Kier molecular flexibility index (Phi) is 4.21. The molecule has 0 saturated heterocycles. The standard InChI is InChI=1S/C15H14F2N4/c1-10(18)15(20-21-19,11-2-6-13(16)7-3-11)12-4-8-14(17)9-5-12/h2-10H,18H2,1H3/t10-/m0/s1. The molecule has 0 aliphatic heterocycles. The monoisotopic (exact) mass is 288 g/mol. The van der Waals surface area contributed by atoms with Gasteiger partial charge in [-0.05, 0) is 47.8 Å². The fourth-order valence-corrected chi connectivity index (χ4v) is 2.38. The number of rotatable bonds is 4. The minimum atomic E-state index is -1.23. The fourth-order valence-electron chi connectivity index (χ4n) is 2.38. The lowest BCUT2D eigenvalue weighted by Gasteiger charge is -2.34. The molecule has 4 nitrogen and oxygen atoms in total. The van der Waals surface area contributed by atoms with E-state index in [9.17, 15) is 8.78 Å². The van der Waals surface area contributed by atoms with Crippen LogP contribution in [0.5, 0.6) is 0 Å². The Morgan fingerprint density at radius 3 is 1.67 bits per heavy atom. The van der Waals surface area contributed by atoms with Crippen molar-refractivity contribution in [3.05, 3.63) is 81.7 Å². The van der Waals surface area contributed by atoms with Crippen LogP contribution < -0.4 is 5.73 Å². The van der Waals surface area contributed by atoms with Crippen LogP contribution in [0.3, 0.4) is 0 Å². The van der Waals surface area contributed by atoms with Crippen molar-refractivity contribution in [1.29, 1.82) is 0 Å². The van der Waals surface area contributed by atoms with Gasteiger partial charge in [-0.3, -0.25) is 0 Å². The molecule has 0 radical (unpaired) electrons. The molecule has 0 aromatic heterocycles. The largest absolute Gasteiger partial charge is 0.327 e. The van der Waals surface area contributed by atoms with Crippen LogP contribution >= 0.6 is 0 Å². The summed E-state index contributed by atoms with van der Waals surface area (Å²) in [5.74, 6) is -0.810. The minimum Gasteiger partial charge on any atom is -0.327 e. The normalized spacial score (nSPS) is 12.6. The highest BCUT2D eigenvalue weighted by atomic mass is 19.1. The first kappa shape index (κ1) is 15.0. The molecule has 0 aliphatic carbocycles. The third kappa shape index (κ3) is 2.72. The van der Waals surface area contributed by atoms with Crippen molar-refractivity contribution in [1.82, 2.24) is 0 Å². The fraction of sp³-hybridized carbons (Fsp3) is 0.200. The second kappa shape index (κ2) is 5.91. The smallest absolute Gasteiger partial charge is 0.123 e. The molecule has 0 spiro atoms. The van der Waals surface area contributed by atoms with Gasteiger partial charge in [-0.1, -0.05) is 29.4 Å². The number of hydrogen-bond donors (Lipinski definition) is 1. The van der Waals surface area contributed by atoms with E-state index in [0.29, 0.717) is 11.1 Å². The van der Waals surface area contributed by atoms with Crippen LogP contribution in [0.2, 0.25) is 0 Å². The number of nitrogens with two attached hydrogens (primary N) is 1. The van der Waals surface area contributed by atoms with Crippen LogP contribution in [0.4, 0.5) is 8.78 Å². The Bertz CT molecular complexity index is 614. The number of hydrogen-bond acceptors (Lipinski definition) is 2. The highest BCUT2D eigenvalue weighted by Crippen LogP contribution is 2.37. The Morgan fingerprint density at radius 1 is 1.00 bits per heavy atom. The maximum absolute atomic E-state index is 13.1. The molecule has 0 fully saturated rings. The zero-order valence-electron chi connectivity index (χ0n) is 11.4. The quantitative estimate of drug-likeness (QED) is 0.517. The van der Waals surface area contributed by atoms with E-state index in [1.54, 1.807) is 6.92 Å². The summed E-state index contributed by atoms with van der Waals surface area (Å²) in [5, 5.41) is 3.87. The van der Waals surface area contributed by atoms with Crippen LogP contribution in [0, 0.1) is 11.6 Å². The minimum absolute atomic E-state index is 0.405. The first-order chi connectivity index (χ1) is 10.0. The van der Waals surface area contributed by atoms with Crippen molar-refractivity contribution in [2.24, 2.45) is 10.8 Å². The number of nitrogens with zero attached hydrogens (tertiary/aromatic N) is 3. The third-order valence-electron chi connectivity index (χ3n) is 3.43. The summed E-state index contributed by atoms with van der Waals surface area (Å²) in [4.78, 5) is 2.88. The lowest BCUT2D eigenvalue weighted by Crippen LogP contribution is -2.42. The van der Waals surface area contributed by atoms with E-state index >= 15 is 0 Å². The average Bonchev–Trinajstić information content (AvgIpc) is 2.46. The molecule has 108 valence electrons. The van der Waals surface area contributed by atoms with E-state index in [2.05, 4.69) is 10.0 Å². The zero-order chi connectivity index (χ0) is 15.5. The van der Waals surface area contributed by atoms with Gasteiger partial charge >= 0.3 is 0 Å². The molecule has 21 heavy (non-hydrogen) atoms. The maximum Gasteiger partial charge on any atom is 0.123 e. The van der Waals surface area contributed by atoms with Crippen LogP contribution in [0.15, 0.2) is 53.6 Å². The molecule has 0 aliphatic rings. The molecule has 0 heterocycles. The summed E-state index contributed by atoms with van der Waals surface area (Å²) >= 11 is 0. The van der Waals surface area contributed by atoms with Crippen molar-refractivity contribution in [2.75, 3.05) is 0 Å². The molecule has 0 amide bonds. The zero-order valence-corrected chi connectivity index (χ0v) is 11.4. The van der Waals surface area contributed by atoms with Gasteiger partial charge in [-0.25, -0.2) is 8.78 Å². The second-order valence-electron chi connectivity index (χ2n) is 4.76. The van der Waals surface area contributed by atoms with Crippen molar-refractivity contribution >= 4 is 0 Å². The molecule has 0 saturated carbocycles. The van der Waals surface area contributed by atoms with E-state index in [1.807, 2.05) is 0 Å². The van der Waals surface area contributed by atoms with Gasteiger partial charge in [-0.15, -0.1) is 0 Å². The topological polar surface area (TPSA) is 74.8 Å². The second-order valence-corrected chi connectivity index (χ2v) is 4.76. The predicted molar refractivity (Wildman–Crippen MR) is 76.4 cm³/mol. The van der Waals surface area contributed by atoms with E-state index < -0.39 is 23.2 Å². The number of benzene rings is 2. The van der Waals surface area contributed by atoms with Crippen LogP contribution in [-0.2, 0) is 5.54 Å². The van der Waals surface area contributed by atoms with E-state index in [0.717, 1.165) is 0 Å². The molecular formula is C15H14F2N4. The Morgan fingerprint density at radius 2 is 1.38 bits per heavy atom. The summed E-state index contributed by atoms with van der Waals surface area (Å²) in [6, 6.07) is 10.5. The Hall–Kier alpha value is -2.43. The lowest BCUT2D eigenvalue weighted by atomic mass is 9.78. The lowest BCUT2D eigenvalue weighted by molar-refractivity contribution is 0.442. The summed E-state index contributed by atoms with van der Waals surface area (Å²) in [7, 11) is 0. The summed E-state index contributed by atoms with van der Waals surface area (Å²) in [5.41, 5.74) is 14.8. The molecule has 0 unspecified atom stereocenters. The molecule has 1 atom stereocenters. The average molecular weight is 288 g/mol. The summed E-state index contributed by atoms with van der Waals surface area (Å²) < 4.78 is 26.3. The van der Waals surface area contributed by atoms with Gasteiger partial charge in [0, 0.05) is 11.0 Å².